The highest BCUT2D eigenvalue weighted by Gasteiger charge is 2.24. The van der Waals surface area contributed by atoms with Crippen LogP contribution in [0.1, 0.15) is 46.0 Å². The van der Waals surface area contributed by atoms with Gasteiger partial charge in [0.05, 0.1) is 12.7 Å². The lowest BCUT2D eigenvalue weighted by molar-refractivity contribution is 0.0601. The SMILES string of the molecule is COC(=O)c1c(CC(C)C)csc1NC(=O)c1nn(-c2ccccc2F)c(C)cc1=O. The minimum Gasteiger partial charge on any atom is -0.465 e. The zero-order valence-electron chi connectivity index (χ0n) is 17.6. The van der Waals surface area contributed by atoms with Crippen molar-refractivity contribution in [3.63, 3.8) is 0 Å². The molecule has 2 heterocycles. The van der Waals surface area contributed by atoms with Gasteiger partial charge < -0.3 is 10.1 Å². The number of aromatic nitrogens is 2. The molecule has 0 radical (unpaired) electrons. The van der Waals surface area contributed by atoms with Gasteiger partial charge in [-0.05, 0) is 42.3 Å². The van der Waals surface area contributed by atoms with Crippen LogP contribution in [0.5, 0.6) is 0 Å². The zero-order chi connectivity index (χ0) is 22.7. The standard InChI is InChI=1S/C22H22FN3O4S/c1-12(2)9-14-11-31-21(18(14)22(29)30-4)24-20(28)19-17(27)10-13(3)26(25-19)16-8-6-5-7-15(16)23/h5-8,10-12H,9H2,1-4H3,(H,24,28). The van der Waals surface area contributed by atoms with Crippen molar-refractivity contribution in [3.05, 3.63) is 74.3 Å². The number of aryl methyl sites for hydroxylation is 1. The maximum atomic E-state index is 14.2. The van der Waals surface area contributed by atoms with Crippen molar-refractivity contribution in [1.29, 1.82) is 0 Å². The Balaban J connectivity index is 2.01. The summed E-state index contributed by atoms with van der Waals surface area (Å²) in [6, 6.07) is 7.13. The van der Waals surface area contributed by atoms with Crippen LogP contribution in [-0.2, 0) is 11.2 Å². The molecule has 3 rings (SSSR count). The van der Waals surface area contributed by atoms with E-state index in [-0.39, 0.29) is 22.2 Å². The lowest BCUT2D eigenvalue weighted by Gasteiger charge is -2.12. The Morgan fingerprint density at radius 1 is 1.29 bits per heavy atom. The van der Waals surface area contributed by atoms with E-state index in [2.05, 4.69) is 10.4 Å². The molecule has 1 aromatic carbocycles. The van der Waals surface area contributed by atoms with E-state index in [4.69, 9.17) is 4.74 Å². The fourth-order valence-corrected chi connectivity index (χ4v) is 4.09. The Morgan fingerprint density at radius 3 is 2.65 bits per heavy atom. The fourth-order valence-electron chi connectivity index (χ4n) is 3.14. The third-order valence-electron chi connectivity index (χ3n) is 4.52. The van der Waals surface area contributed by atoms with Gasteiger partial charge in [0.25, 0.3) is 5.91 Å². The van der Waals surface area contributed by atoms with Crippen molar-refractivity contribution in [2.45, 2.75) is 27.2 Å². The zero-order valence-corrected chi connectivity index (χ0v) is 18.4. The Hall–Kier alpha value is -3.33. The highest BCUT2D eigenvalue weighted by Crippen LogP contribution is 2.31. The minimum atomic E-state index is -0.793. The highest BCUT2D eigenvalue weighted by molar-refractivity contribution is 7.15. The molecular weight excluding hydrogens is 421 g/mol. The molecular formula is C22H22FN3O4S. The normalized spacial score (nSPS) is 10.9. The van der Waals surface area contributed by atoms with Crippen LogP contribution in [0.25, 0.3) is 5.69 Å². The molecule has 2 aromatic heterocycles. The second-order valence-electron chi connectivity index (χ2n) is 7.37. The number of hydrogen-bond acceptors (Lipinski definition) is 6. The highest BCUT2D eigenvalue weighted by atomic mass is 32.1. The molecule has 0 unspecified atom stereocenters. The molecule has 0 aliphatic carbocycles. The number of rotatable bonds is 6. The van der Waals surface area contributed by atoms with Gasteiger partial charge >= 0.3 is 5.97 Å². The average molecular weight is 444 g/mol. The largest absolute Gasteiger partial charge is 0.465 e. The Kier molecular flexibility index (Phi) is 6.65. The van der Waals surface area contributed by atoms with Gasteiger partial charge in [-0.2, -0.15) is 5.10 Å². The lowest BCUT2D eigenvalue weighted by atomic mass is 10.0. The summed E-state index contributed by atoms with van der Waals surface area (Å²) in [4.78, 5) is 37.6. The first-order valence-electron chi connectivity index (χ1n) is 9.58. The van der Waals surface area contributed by atoms with E-state index in [1.54, 1.807) is 18.4 Å². The van der Waals surface area contributed by atoms with Crippen LogP contribution in [0, 0.1) is 18.7 Å². The number of thiophene rings is 1. The molecule has 7 nitrogen and oxygen atoms in total. The Morgan fingerprint density at radius 2 is 2.00 bits per heavy atom. The van der Waals surface area contributed by atoms with Crippen LogP contribution in [0.2, 0.25) is 0 Å². The maximum Gasteiger partial charge on any atom is 0.341 e. The molecule has 162 valence electrons. The number of para-hydroxylation sites is 1. The molecule has 0 saturated heterocycles. The van der Waals surface area contributed by atoms with Gasteiger partial charge in [0, 0.05) is 11.8 Å². The second-order valence-corrected chi connectivity index (χ2v) is 8.25. The Labute approximate surface area is 182 Å². The number of benzene rings is 1. The van der Waals surface area contributed by atoms with Gasteiger partial charge in [-0.25, -0.2) is 13.9 Å². The van der Waals surface area contributed by atoms with Gasteiger partial charge in [-0.15, -0.1) is 11.3 Å². The van der Waals surface area contributed by atoms with Gasteiger partial charge in [0.15, 0.2) is 5.69 Å². The summed E-state index contributed by atoms with van der Waals surface area (Å²) < 4.78 is 20.3. The number of ether oxygens (including phenoxy) is 1. The first-order valence-corrected chi connectivity index (χ1v) is 10.5. The maximum absolute atomic E-state index is 14.2. The first-order chi connectivity index (χ1) is 14.7. The van der Waals surface area contributed by atoms with Crippen molar-refractivity contribution in [1.82, 2.24) is 9.78 Å². The van der Waals surface area contributed by atoms with Crippen LogP contribution < -0.4 is 10.7 Å². The number of anilines is 1. The number of halogens is 1. The molecule has 0 aliphatic rings. The van der Waals surface area contributed by atoms with E-state index in [0.717, 1.165) is 5.56 Å². The smallest absolute Gasteiger partial charge is 0.341 e. The summed E-state index contributed by atoms with van der Waals surface area (Å²) in [5.74, 6) is -1.63. The monoisotopic (exact) mass is 443 g/mol. The summed E-state index contributed by atoms with van der Waals surface area (Å²) in [5.41, 5.74) is 0.473. The van der Waals surface area contributed by atoms with E-state index in [1.807, 2.05) is 13.8 Å². The number of carbonyl (C=O) groups is 2. The second kappa shape index (κ2) is 9.22. The molecule has 0 bridgehead atoms. The molecule has 3 aromatic rings. The number of nitrogens with one attached hydrogen (secondary N) is 1. The molecule has 9 heteroatoms. The van der Waals surface area contributed by atoms with Crippen LogP contribution in [0.15, 0.2) is 40.5 Å². The predicted molar refractivity (Wildman–Crippen MR) is 117 cm³/mol. The minimum absolute atomic E-state index is 0.111. The summed E-state index contributed by atoms with van der Waals surface area (Å²) >= 11 is 1.17. The van der Waals surface area contributed by atoms with Crippen molar-refractivity contribution >= 4 is 28.2 Å². The number of methoxy groups -OCH3 is 1. The first kappa shape index (κ1) is 22.4. The quantitative estimate of drug-likeness (QED) is 0.582. The van der Waals surface area contributed by atoms with Crippen molar-refractivity contribution < 1.29 is 18.7 Å². The Bertz CT molecular complexity index is 1200. The molecule has 0 saturated carbocycles. The van der Waals surface area contributed by atoms with Crippen molar-refractivity contribution in [2.75, 3.05) is 12.4 Å². The van der Waals surface area contributed by atoms with Crippen LogP contribution in [0.4, 0.5) is 9.39 Å². The summed E-state index contributed by atoms with van der Waals surface area (Å²) in [7, 11) is 1.26. The molecule has 31 heavy (non-hydrogen) atoms. The lowest BCUT2D eigenvalue weighted by Crippen LogP contribution is -2.27. The molecule has 0 atom stereocenters. The summed E-state index contributed by atoms with van der Waals surface area (Å²) in [6.45, 7) is 5.62. The van der Waals surface area contributed by atoms with E-state index in [0.29, 0.717) is 12.1 Å². The van der Waals surface area contributed by atoms with Gasteiger partial charge in [-0.3, -0.25) is 9.59 Å². The summed E-state index contributed by atoms with van der Waals surface area (Å²) in [6.07, 6.45) is 0.625. The van der Waals surface area contributed by atoms with Crippen molar-refractivity contribution in [3.8, 4) is 5.69 Å². The van der Waals surface area contributed by atoms with E-state index in [9.17, 15) is 18.8 Å². The van der Waals surface area contributed by atoms with E-state index < -0.39 is 28.8 Å². The molecule has 0 fully saturated rings. The molecule has 1 N–H and O–H groups in total. The predicted octanol–water partition coefficient (Wildman–Crippen LogP) is 3.98. The topological polar surface area (TPSA) is 90.3 Å². The van der Waals surface area contributed by atoms with Gasteiger partial charge in [-0.1, -0.05) is 26.0 Å². The number of amides is 1. The number of nitrogens with zero attached hydrogens (tertiary/aromatic N) is 2. The van der Waals surface area contributed by atoms with Crippen LogP contribution in [-0.4, -0.2) is 28.8 Å². The van der Waals surface area contributed by atoms with E-state index >= 15 is 0 Å². The van der Waals surface area contributed by atoms with Gasteiger partial charge in [0.2, 0.25) is 5.43 Å². The van der Waals surface area contributed by atoms with Crippen molar-refractivity contribution in [2.24, 2.45) is 5.92 Å². The molecule has 0 spiro atoms. The molecule has 0 aliphatic heterocycles. The fraction of sp³-hybridized carbons (Fsp3) is 0.273. The number of carbonyl (C=O) groups excluding carboxylic acids is 2. The summed E-state index contributed by atoms with van der Waals surface area (Å²) in [5, 5.41) is 8.74. The third kappa shape index (κ3) is 4.72. The molecule has 1 amide bonds. The third-order valence-corrected chi connectivity index (χ3v) is 5.46. The van der Waals surface area contributed by atoms with Gasteiger partial charge in [0.1, 0.15) is 16.5 Å². The number of esters is 1. The van der Waals surface area contributed by atoms with Crippen LogP contribution in [0.3, 0.4) is 0 Å². The van der Waals surface area contributed by atoms with Crippen LogP contribution >= 0.6 is 11.3 Å². The van der Waals surface area contributed by atoms with E-state index in [1.165, 1.54) is 47.4 Å². The average Bonchev–Trinajstić information content (AvgIpc) is 3.09. The number of hydrogen-bond donors (Lipinski definition) is 1.